The van der Waals surface area contributed by atoms with Crippen molar-refractivity contribution in [1.82, 2.24) is 15.3 Å². The molecule has 232 valence electrons. The van der Waals surface area contributed by atoms with E-state index in [0.717, 1.165) is 35.6 Å². The van der Waals surface area contributed by atoms with Gasteiger partial charge in [0.15, 0.2) is 33.9 Å². The molecule has 1 aliphatic rings. The number of thioether (sulfide) groups is 1. The van der Waals surface area contributed by atoms with Crippen molar-refractivity contribution in [3.8, 4) is 23.0 Å². The number of nitrogens with one attached hydrogen (secondary N) is 1. The van der Waals surface area contributed by atoms with Gasteiger partial charge >= 0.3 is 0 Å². The van der Waals surface area contributed by atoms with Crippen LogP contribution >= 0.6 is 11.8 Å². The van der Waals surface area contributed by atoms with Gasteiger partial charge < -0.3 is 33.6 Å². The van der Waals surface area contributed by atoms with Crippen LogP contribution in [0.4, 0.5) is 5.82 Å². The Morgan fingerprint density at radius 1 is 0.955 bits per heavy atom. The molecule has 44 heavy (non-hydrogen) atoms. The number of carbonyl (C=O) groups is 1. The van der Waals surface area contributed by atoms with Crippen LogP contribution in [0, 0.1) is 0 Å². The molecule has 0 fully saturated rings. The van der Waals surface area contributed by atoms with Gasteiger partial charge in [-0.1, -0.05) is 44.7 Å². The predicted octanol–water partition coefficient (Wildman–Crippen LogP) is 6.01. The number of hydrogen-bond donors (Lipinski definition) is 1. The Morgan fingerprint density at radius 2 is 1.73 bits per heavy atom. The van der Waals surface area contributed by atoms with Crippen LogP contribution < -0.4 is 29.2 Å². The molecule has 11 heteroatoms. The van der Waals surface area contributed by atoms with E-state index in [4.69, 9.17) is 33.3 Å². The molecule has 0 spiro atoms. The molecule has 2 aromatic carbocycles. The second kappa shape index (κ2) is 13.5. The third-order valence-corrected chi connectivity index (χ3v) is 8.02. The zero-order valence-electron chi connectivity index (χ0n) is 25.9. The molecule has 10 nitrogen and oxygen atoms in total. The lowest BCUT2D eigenvalue weighted by molar-refractivity contribution is 0.0921. The molecule has 0 unspecified atom stereocenters. The minimum absolute atomic E-state index is 0.162. The lowest BCUT2D eigenvalue weighted by Crippen LogP contribution is -2.23. The molecule has 1 N–H and O–H groups in total. The molecule has 5 rings (SSSR count). The number of nitrogens with zero attached hydrogens (tertiary/aromatic N) is 3. The number of benzene rings is 2. The number of rotatable bonds is 12. The van der Waals surface area contributed by atoms with Gasteiger partial charge in [0.05, 0.1) is 25.7 Å². The smallest absolute Gasteiger partial charge is 0.287 e. The van der Waals surface area contributed by atoms with Crippen LogP contribution in [0.2, 0.25) is 0 Å². The van der Waals surface area contributed by atoms with Crippen LogP contribution in [-0.2, 0) is 24.1 Å². The normalized spacial score (nSPS) is 12.2. The van der Waals surface area contributed by atoms with E-state index in [-0.39, 0.29) is 23.9 Å². The van der Waals surface area contributed by atoms with E-state index in [9.17, 15) is 4.79 Å². The fraction of sp³-hybridized carbons (Fsp3) is 0.364. The molecule has 0 saturated carbocycles. The van der Waals surface area contributed by atoms with Crippen molar-refractivity contribution in [2.45, 2.75) is 50.1 Å². The summed E-state index contributed by atoms with van der Waals surface area (Å²) in [7, 11) is 5.31. The number of ether oxygens (including phenoxy) is 4. The number of hydrogen-bond acceptors (Lipinski definition) is 10. The summed E-state index contributed by atoms with van der Waals surface area (Å²) in [6.45, 7) is 7.72. The minimum atomic E-state index is -0.289. The summed E-state index contributed by atoms with van der Waals surface area (Å²) < 4.78 is 27.4. The van der Waals surface area contributed by atoms with Gasteiger partial charge in [0.2, 0.25) is 6.79 Å². The van der Waals surface area contributed by atoms with Crippen LogP contribution in [0.15, 0.2) is 64.2 Å². The molecule has 1 aliphatic heterocycles. The summed E-state index contributed by atoms with van der Waals surface area (Å²) in [5.41, 5.74) is 2.84. The zero-order valence-corrected chi connectivity index (χ0v) is 26.7. The first-order valence-corrected chi connectivity index (χ1v) is 15.3. The average molecular weight is 619 g/mol. The van der Waals surface area contributed by atoms with Crippen LogP contribution in [0.5, 0.6) is 23.0 Å². The topological polar surface area (TPSA) is 108 Å². The van der Waals surface area contributed by atoms with Gasteiger partial charge in [-0.15, -0.1) is 0 Å². The third kappa shape index (κ3) is 7.57. The van der Waals surface area contributed by atoms with Crippen molar-refractivity contribution in [3.63, 3.8) is 0 Å². The van der Waals surface area contributed by atoms with Gasteiger partial charge in [-0.25, -0.2) is 9.97 Å². The molecule has 1 amide bonds. The predicted molar refractivity (Wildman–Crippen MR) is 169 cm³/mol. The Balaban J connectivity index is 1.21. The molecular weight excluding hydrogens is 580 g/mol. The Hall–Kier alpha value is -4.38. The molecule has 3 heterocycles. The fourth-order valence-electron chi connectivity index (χ4n) is 4.54. The number of aromatic nitrogens is 2. The van der Waals surface area contributed by atoms with Crippen LogP contribution in [0.25, 0.3) is 0 Å². The van der Waals surface area contributed by atoms with E-state index in [1.165, 1.54) is 11.8 Å². The summed E-state index contributed by atoms with van der Waals surface area (Å²) in [6.07, 6.45) is 0.806. The van der Waals surface area contributed by atoms with Crippen molar-refractivity contribution in [1.29, 1.82) is 0 Å². The molecule has 0 aliphatic carbocycles. The second-order valence-electron chi connectivity index (χ2n) is 11.4. The molecule has 0 atom stereocenters. The highest BCUT2D eigenvalue weighted by Crippen LogP contribution is 2.33. The van der Waals surface area contributed by atoms with E-state index >= 15 is 0 Å². The maximum atomic E-state index is 12.7. The van der Waals surface area contributed by atoms with Crippen molar-refractivity contribution in [2.75, 3.05) is 39.5 Å². The summed E-state index contributed by atoms with van der Waals surface area (Å²) in [4.78, 5) is 24.6. The number of fused-ring (bicyclic) bond motifs is 1. The number of carbonyl (C=O) groups excluding carboxylic acids is 1. The molecule has 0 saturated heterocycles. The summed E-state index contributed by atoms with van der Waals surface area (Å²) in [5.74, 6) is 4.77. The Labute approximate surface area is 262 Å². The fourth-order valence-corrected chi connectivity index (χ4v) is 5.29. The standard InChI is InChI=1S/C33H38N4O6S/c1-33(2,3)29-17-30(37(4)14-13-21-7-10-24(39-5)27(15-21)40-6)36-32(35-29)44-19-23-9-12-26(43-23)31(38)34-18-22-8-11-25-28(16-22)42-20-41-25/h7-12,15-17H,13-14,18-20H2,1-6H3,(H,34,38). The Bertz CT molecular complexity index is 1620. The number of likely N-dealkylation sites (N-methyl/N-ethyl adjacent to an activating group) is 1. The van der Waals surface area contributed by atoms with E-state index < -0.39 is 0 Å². The molecule has 4 aromatic rings. The number of furan rings is 1. The summed E-state index contributed by atoms with van der Waals surface area (Å²) in [5, 5.41) is 3.54. The third-order valence-electron chi connectivity index (χ3n) is 7.15. The minimum Gasteiger partial charge on any atom is -0.493 e. The van der Waals surface area contributed by atoms with Crippen LogP contribution in [0.1, 0.15) is 53.9 Å². The van der Waals surface area contributed by atoms with Gasteiger partial charge in [0, 0.05) is 31.6 Å². The van der Waals surface area contributed by atoms with Crippen molar-refractivity contribution in [2.24, 2.45) is 0 Å². The largest absolute Gasteiger partial charge is 0.493 e. The van der Waals surface area contributed by atoms with Crippen molar-refractivity contribution < 1.29 is 28.2 Å². The maximum Gasteiger partial charge on any atom is 0.287 e. The van der Waals surface area contributed by atoms with Gasteiger partial charge in [-0.3, -0.25) is 4.79 Å². The number of anilines is 1. The van der Waals surface area contributed by atoms with E-state index in [0.29, 0.717) is 46.2 Å². The maximum absolute atomic E-state index is 12.7. The quantitative estimate of drug-likeness (QED) is 0.150. The molecular formula is C33H38N4O6S. The molecule has 2 aromatic heterocycles. The lowest BCUT2D eigenvalue weighted by Gasteiger charge is -2.23. The van der Waals surface area contributed by atoms with Crippen LogP contribution in [0.3, 0.4) is 0 Å². The van der Waals surface area contributed by atoms with E-state index in [2.05, 4.69) is 31.0 Å². The SMILES string of the molecule is COc1ccc(CCN(C)c2cc(C(C)(C)C)nc(SCc3ccc(C(=O)NCc4ccc5c(c4)OCO5)o3)n2)cc1OC. The van der Waals surface area contributed by atoms with Gasteiger partial charge in [-0.05, 0) is 53.9 Å². The first kappa shape index (κ1) is 31.1. The van der Waals surface area contributed by atoms with Gasteiger partial charge in [0.25, 0.3) is 5.91 Å². The summed E-state index contributed by atoms with van der Waals surface area (Å²) >= 11 is 1.47. The monoisotopic (exact) mass is 618 g/mol. The van der Waals surface area contributed by atoms with Gasteiger partial charge in [-0.2, -0.15) is 0 Å². The Kier molecular flexibility index (Phi) is 9.53. The molecule has 0 radical (unpaired) electrons. The summed E-state index contributed by atoms with van der Waals surface area (Å²) in [6, 6.07) is 17.1. The first-order chi connectivity index (χ1) is 21.1. The second-order valence-corrected chi connectivity index (χ2v) is 12.4. The van der Waals surface area contributed by atoms with Crippen LogP contribution in [-0.4, -0.2) is 50.5 Å². The average Bonchev–Trinajstić information content (AvgIpc) is 3.70. The highest BCUT2D eigenvalue weighted by molar-refractivity contribution is 7.98. The van der Waals surface area contributed by atoms with Crippen molar-refractivity contribution in [3.05, 3.63) is 82.9 Å². The Morgan fingerprint density at radius 3 is 2.50 bits per heavy atom. The lowest BCUT2D eigenvalue weighted by atomic mass is 9.92. The van der Waals surface area contributed by atoms with Gasteiger partial charge in [0.1, 0.15) is 11.6 Å². The van der Waals surface area contributed by atoms with E-state index in [1.54, 1.807) is 20.3 Å². The highest BCUT2D eigenvalue weighted by atomic mass is 32.2. The van der Waals surface area contributed by atoms with E-state index in [1.807, 2.05) is 55.6 Å². The number of methoxy groups -OCH3 is 2. The number of amides is 1. The highest BCUT2D eigenvalue weighted by Gasteiger charge is 2.21. The first-order valence-electron chi connectivity index (χ1n) is 14.3. The molecule has 0 bridgehead atoms. The van der Waals surface area contributed by atoms with Crippen molar-refractivity contribution >= 4 is 23.5 Å². The zero-order chi connectivity index (χ0) is 31.3.